The zero-order chi connectivity index (χ0) is 13.2. The second kappa shape index (κ2) is 6.36. The van der Waals surface area contributed by atoms with E-state index in [4.69, 9.17) is 0 Å². The van der Waals surface area contributed by atoms with Crippen LogP contribution in [0.25, 0.3) is 0 Å². The van der Waals surface area contributed by atoms with Crippen molar-refractivity contribution >= 4 is 11.8 Å². The molecule has 2 saturated heterocycles. The highest BCUT2D eigenvalue weighted by molar-refractivity contribution is 7.99. The summed E-state index contributed by atoms with van der Waals surface area (Å²) in [6.45, 7) is 6.48. The zero-order valence-corrected chi connectivity index (χ0v) is 13.5. The zero-order valence-electron chi connectivity index (χ0n) is 12.7. The van der Waals surface area contributed by atoms with Gasteiger partial charge in [-0.15, -0.1) is 0 Å². The van der Waals surface area contributed by atoms with Gasteiger partial charge in [-0.05, 0) is 57.7 Å². The number of thioether (sulfide) groups is 1. The van der Waals surface area contributed by atoms with E-state index >= 15 is 0 Å². The first-order chi connectivity index (χ1) is 9.31. The van der Waals surface area contributed by atoms with Crippen molar-refractivity contribution in [3.05, 3.63) is 0 Å². The summed E-state index contributed by atoms with van der Waals surface area (Å²) >= 11 is 2.09. The Kier molecular flexibility index (Phi) is 4.76. The molecule has 0 radical (unpaired) electrons. The third kappa shape index (κ3) is 2.98. The molecule has 3 aliphatic rings. The minimum atomic E-state index is 0.838. The minimum absolute atomic E-state index is 0.838. The van der Waals surface area contributed by atoms with E-state index in [2.05, 4.69) is 34.7 Å². The first-order valence-corrected chi connectivity index (χ1v) is 9.63. The second-order valence-electron chi connectivity index (χ2n) is 6.72. The summed E-state index contributed by atoms with van der Waals surface area (Å²) < 4.78 is 0. The fourth-order valence-corrected chi connectivity index (χ4v) is 5.28. The molecule has 0 N–H and O–H groups in total. The van der Waals surface area contributed by atoms with Crippen LogP contribution in [0.5, 0.6) is 0 Å². The van der Waals surface area contributed by atoms with Crippen LogP contribution in [0.2, 0.25) is 0 Å². The van der Waals surface area contributed by atoms with Gasteiger partial charge in [0.25, 0.3) is 0 Å². The molecule has 0 spiro atoms. The number of fused-ring (bicyclic) bond motifs is 1. The van der Waals surface area contributed by atoms with E-state index in [0.717, 1.165) is 23.4 Å². The highest BCUT2D eigenvalue weighted by atomic mass is 32.2. The van der Waals surface area contributed by atoms with Gasteiger partial charge in [-0.3, -0.25) is 9.80 Å². The number of rotatable bonds is 3. The molecule has 2 heterocycles. The molecule has 19 heavy (non-hydrogen) atoms. The lowest BCUT2D eigenvalue weighted by Gasteiger charge is -2.48. The summed E-state index contributed by atoms with van der Waals surface area (Å²) in [4.78, 5) is 5.70. The molecule has 1 aliphatic carbocycles. The fraction of sp³-hybridized carbons (Fsp3) is 1.00. The summed E-state index contributed by atoms with van der Waals surface area (Å²) in [7, 11) is 0. The summed E-state index contributed by atoms with van der Waals surface area (Å²) in [5.41, 5.74) is 0. The maximum atomic E-state index is 2.92. The number of piperazine rings is 1. The van der Waals surface area contributed by atoms with E-state index in [1.54, 1.807) is 0 Å². The van der Waals surface area contributed by atoms with Gasteiger partial charge in [-0.25, -0.2) is 0 Å². The summed E-state index contributed by atoms with van der Waals surface area (Å²) in [5.74, 6) is 0. The Bertz CT molecular complexity index is 288. The first-order valence-electron chi connectivity index (χ1n) is 8.34. The Labute approximate surface area is 123 Å². The molecule has 1 saturated carbocycles. The second-order valence-corrected chi connectivity index (χ2v) is 7.85. The maximum Gasteiger partial charge on any atom is 0.0224 e. The van der Waals surface area contributed by atoms with Gasteiger partial charge in [0.15, 0.2) is 0 Å². The van der Waals surface area contributed by atoms with E-state index in [9.17, 15) is 0 Å². The maximum absolute atomic E-state index is 2.92. The van der Waals surface area contributed by atoms with Crippen LogP contribution in [-0.2, 0) is 0 Å². The molecule has 0 aromatic heterocycles. The van der Waals surface area contributed by atoms with Crippen molar-refractivity contribution in [3.8, 4) is 0 Å². The molecule has 0 bridgehead atoms. The topological polar surface area (TPSA) is 6.48 Å². The van der Waals surface area contributed by atoms with Crippen molar-refractivity contribution in [2.45, 2.75) is 75.2 Å². The number of nitrogens with zero attached hydrogens (tertiary/aromatic N) is 2. The third-order valence-electron chi connectivity index (χ3n) is 5.75. The van der Waals surface area contributed by atoms with Crippen LogP contribution in [0.4, 0.5) is 0 Å². The molecule has 2 atom stereocenters. The van der Waals surface area contributed by atoms with Crippen molar-refractivity contribution in [2.24, 2.45) is 0 Å². The lowest BCUT2D eigenvalue weighted by Crippen LogP contribution is -2.59. The monoisotopic (exact) mass is 282 g/mol. The van der Waals surface area contributed by atoms with E-state index in [1.165, 1.54) is 64.6 Å². The van der Waals surface area contributed by atoms with E-state index in [-0.39, 0.29) is 0 Å². The quantitative estimate of drug-likeness (QED) is 0.785. The molecule has 0 aromatic rings. The largest absolute Gasteiger partial charge is 0.298 e. The van der Waals surface area contributed by atoms with Crippen LogP contribution in [0.3, 0.4) is 0 Å². The van der Waals surface area contributed by atoms with Gasteiger partial charge in [0.1, 0.15) is 0 Å². The molecule has 3 heteroatoms. The van der Waals surface area contributed by atoms with Gasteiger partial charge in [-0.1, -0.05) is 6.92 Å². The van der Waals surface area contributed by atoms with Gasteiger partial charge in [0.2, 0.25) is 0 Å². The standard InChI is InChI=1S/C16H30N2S/c1-3-13-11-17-10-4-5-15(17)12-18(13)14-6-8-16(19-2)9-7-14/h13-16H,3-12H2,1-2H3. The summed E-state index contributed by atoms with van der Waals surface area (Å²) in [6, 6.07) is 2.63. The molecule has 2 nitrogen and oxygen atoms in total. The number of hydrogen-bond acceptors (Lipinski definition) is 3. The Morgan fingerprint density at radius 2 is 1.79 bits per heavy atom. The van der Waals surface area contributed by atoms with E-state index < -0.39 is 0 Å². The average molecular weight is 282 g/mol. The van der Waals surface area contributed by atoms with Gasteiger partial charge in [0.05, 0.1) is 0 Å². The Balaban J connectivity index is 1.62. The van der Waals surface area contributed by atoms with Crippen molar-refractivity contribution < 1.29 is 0 Å². The van der Waals surface area contributed by atoms with Crippen molar-refractivity contribution in [1.29, 1.82) is 0 Å². The highest BCUT2D eigenvalue weighted by Gasteiger charge is 2.39. The summed E-state index contributed by atoms with van der Waals surface area (Å²) in [5, 5.41) is 0.948. The van der Waals surface area contributed by atoms with Crippen molar-refractivity contribution in [1.82, 2.24) is 9.80 Å². The Morgan fingerprint density at radius 1 is 1.00 bits per heavy atom. The molecule has 2 unspecified atom stereocenters. The predicted octanol–water partition coefficient (Wildman–Crippen LogP) is 3.22. The Hall–Kier alpha value is 0.270. The SMILES string of the molecule is CCC1CN2CCCC2CN1C1CCC(SC)CC1. The van der Waals surface area contributed by atoms with Gasteiger partial charge in [0, 0.05) is 36.5 Å². The molecular formula is C16H30N2S. The Morgan fingerprint density at radius 3 is 2.47 bits per heavy atom. The van der Waals surface area contributed by atoms with Crippen LogP contribution in [-0.4, -0.2) is 59.1 Å². The van der Waals surface area contributed by atoms with Gasteiger partial charge in [-0.2, -0.15) is 11.8 Å². The lowest BCUT2D eigenvalue weighted by atomic mass is 9.90. The molecule has 0 amide bonds. The van der Waals surface area contributed by atoms with Crippen LogP contribution >= 0.6 is 11.8 Å². The third-order valence-corrected chi connectivity index (χ3v) is 6.89. The van der Waals surface area contributed by atoms with Gasteiger partial charge < -0.3 is 0 Å². The van der Waals surface area contributed by atoms with Crippen LogP contribution < -0.4 is 0 Å². The summed E-state index contributed by atoms with van der Waals surface area (Å²) in [6.07, 6.45) is 12.3. The first kappa shape index (κ1) is 14.2. The molecule has 110 valence electrons. The molecule has 0 aromatic carbocycles. The van der Waals surface area contributed by atoms with E-state index in [1.807, 2.05) is 0 Å². The smallest absolute Gasteiger partial charge is 0.0224 e. The molecule has 2 aliphatic heterocycles. The average Bonchev–Trinajstić information content (AvgIpc) is 2.93. The van der Waals surface area contributed by atoms with Crippen LogP contribution in [0.15, 0.2) is 0 Å². The van der Waals surface area contributed by atoms with Crippen LogP contribution in [0, 0.1) is 0 Å². The van der Waals surface area contributed by atoms with Gasteiger partial charge >= 0.3 is 0 Å². The minimum Gasteiger partial charge on any atom is -0.298 e. The van der Waals surface area contributed by atoms with E-state index in [0.29, 0.717) is 0 Å². The number of hydrogen-bond donors (Lipinski definition) is 0. The van der Waals surface area contributed by atoms with Crippen LogP contribution in [0.1, 0.15) is 51.9 Å². The molecular weight excluding hydrogens is 252 g/mol. The highest BCUT2D eigenvalue weighted by Crippen LogP contribution is 2.34. The van der Waals surface area contributed by atoms with Crippen molar-refractivity contribution in [3.63, 3.8) is 0 Å². The van der Waals surface area contributed by atoms with Crippen molar-refractivity contribution in [2.75, 3.05) is 25.9 Å². The normalized spacial score (nSPS) is 41.4. The molecule has 3 rings (SSSR count). The predicted molar refractivity (Wildman–Crippen MR) is 84.9 cm³/mol. The fourth-order valence-electron chi connectivity index (χ4n) is 4.53. The molecule has 3 fully saturated rings. The lowest BCUT2D eigenvalue weighted by molar-refractivity contribution is 0.00765.